The summed E-state index contributed by atoms with van der Waals surface area (Å²) in [6.45, 7) is 1.50. The number of hydrogen-bond donors (Lipinski definition) is 1. The average Bonchev–Trinajstić information content (AvgIpc) is 2.68. The van der Waals surface area contributed by atoms with Gasteiger partial charge in [-0.25, -0.2) is 4.39 Å². The fourth-order valence-electron chi connectivity index (χ4n) is 2.66. The predicted octanol–water partition coefficient (Wildman–Crippen LogP) is -1.24. The van der Waals surface area contributed by atoms with E-state index in [4.69, 9.17) is 21.1 Å². The SMILES string of the molecule is COc1cccc(CNCc2cccnc2)c1OCc1ccc(F)cc1Cl.[Cl-].[Cl-]. The molecule has 1 N–H and O–H groups in total. The van der Waals surface area contributed by atoms with Crippen LogP contribution >= 0.6 is 11.6 Å². The molecule has 0 aliphatic carbocycles. The number of hydrogen-bond acceptors (Lipinski definition) is 4. The molecule has 0 saturated heterocycles. The van der Waals surface area contributed by atoms with E-state index < -0.39 is 0 Å². The van der Waals surface area contributed by atoms with Gasteiger partial charge in [0, 0.05) is 36.6 Å². The minimum atomic E-state index is -0.374. The Labute approximate surface area is 187 Å². The van der Waals surface area contributed by atoms with Crippen molar-refractivity contribution >= 4 is 11.6 Å². The first kappa shape index (κ1) is 25.0. The number of nitrogens with one attached hydrogen (secondary N) is 1. The number of ether oxygens (including phenoxy) is 2. The van der Waals surface area contributed by atoms with Gasteiger partial charge in [0.1, 0.15) is 12.4 Å². The van der Waals surface area contributed by atoms with Gasteiger partial charge in [0.2, 0.25) is 0 Å². The fraction of sp³-hybridized carbons (Fsp3) is 0.190. The molecule has 0 saturated carbocycles. The summed E-state index contributed by atoms with van der Waals surface area (Å²) in [5.41, 5.74) is 2.76. The number of halogens is 4. The van der Waals surface area contributed by atoms with Crippen LogP contribution in [-0.2, 0) is 19.7 Å². The molecule has 0 amide bonds. The van der Waals surface area contributed by atoms with Crippen molar-refractivity contribution in [1.82, 2.24) is 10.3 Å². The summed E-state index contributed by atoms with van der Waals surface area (Å²) >= 11 is 6.09. The summed E-state index contributed by atoms with van der Waals surface area (Å²) in [6.07, 6.45) is 3.57. The molecule has 1 heterocycles. The predicted molar refractivity (Wildman–Crippen MR) is 104 cm³/mol. The molecule has 3 rings (SSSR count). The summed E-state index contributed by atoms with van der Waals surface area (Å²) in [7, 11) is 1.60. The molecule has 2 aromatic carbocycles. The zero-order valence-corrected chi connectivity index (χ0v) is 17.9. The van der Waals surface area contributed by atoms with Gasteiger partial charge < -0.3 is 39.6 Å². The molecule has 29 heavy (non-hydrogen) atoms. The third-order valence-corrected chi connectivity index (χ3v) is 4.39. The molecule has 0 atom stereocenters. The van der Waals surface area contributed by atoms with Gasteiger partial charge in [-0.15, -0.1) is 0 Å². The van der Waals surface area contributed by atoms with Gasteiger partial charge in [-0.1, -0.05) is 35.9 Å². The van der Waals surface area contributed by atoms with E-state index in [1.165, 1.54) is 12.1 Å². The zero-order chi connectivity index (χ0) is 19.1. The molecular weight excluding hydrogens is 438 g/mol. The van der Waals surface area contributed by atoms with Crippen molar-refractivity contribution in [3.63, 3.8) is 0 Å². The van der Waals surface area contributed by atoms with Gasteiger partial charge in [0.15, 0.2) is 11.5 Å². The van der Waals surface area contributed by atoms with Crippen LogP contribution in [0.15, 0.2) is 60.9 Å². The summed E-state index contributed by atoms with van der Waals surface area (Å²) in [5, 5.41) is 3.71. The number of para-hydroxylation sites is 1. The first-order chi connectivity index (χ1) is 13.2. The number of pyridine rings is 1. The second-order valence-electron chi connectivity index (χ2n) is 5.94. The van der Waals surface area contributed by atoms with Crippen LogP contribution in [0.1, 0.15) is 16.7 Å². The van der Waals surface area contributed by atoms with Crippen LogP contribution in [0.25, 0.3) is 0 Å². The van der Waals surface area contributed by atoms with E-state index >= 15 is 0 Å². The van der Waals surface area contributed by atoms with Crippen LogP contribution in [0.3, 0.4) is 0 Å². The Morgan fingerprint density at radius 3 is 2.55 bits per heavy atom. The molecule has 8 heteroatoms. The lowest BCUT2D eigenvalue weighted by molar-refractivity contribution is -0.001000. The van der Waals surface area contributed by atoms with Gasteiger partial charge in [-0.05, 0) is 29.8 Å². The first-order valence-electron chi connectivity index (χ1n) is 8.49. The third kappa shape index (κ3) is 7.05. The summed E-state index contributed by atoms with van der Waals surface area (Å²) in [6, 6.07) is 13.9. The summed E-state index contributed by atoms with van der Waals surface area (Å²) < 4.78 is 24.6. The molecule has 0 aliphatic heterocycles. The minimum absolute atomic E-state index is 0. The highest BCUT2D eigenvalue weighted by Gasteiger charge is 2.12. The van der Waals surface area contributed by atoms with Crippen molar-refractivity contribution in [2.24, 2.45) is 0 Å². The smallest absolute Gasteiger partial charge is 0.166 e. The molecule has 0 unspecified atom stereocenters. The standard InChI is InChI=1S/C21H20ClFN2O2.2ClH/c1-26-20-6-2-5-16(13-25-12-15-4-3-9-24-11-15)21(20)27-14-17-7-8-18(23)10-19(17)22;;/h2-11,25H,12-14H2,1H3;2*1H/p-2. The molecule has 0 aliphatic rings. The molecule has 1 aromatic heterocycles. The average molecular weight is 458 g/mol. The van der Waals surface area contributed by atoms with Crippen molar-refractivity contribution in [3.05, 3.63) is 88.5 Å². The molecule has 0 fully saturated rings. The Hall–Kier alpha value is -2.05. The Morgan fingerprint density at radius 1 is 1.03 bits per heavy atom. The van der Waals surface area contributed by atoms with Crippen LogP contribution < -0.4 is 39.6 Å². The van der Waals surface area contributed by atoms with E-state index in [1.54, 1.807) is 19.4 Å². The van der Waals surface area contributed by atoms with Gasteiger partial charge >= 0.3 is 0 Å². The summed E-state index contributed by atoms with van der Waals surface area (Å²) in [5.74, 6) is 0.898. The van der Waals surface area contributed by atoms with Crippen molar-refractivity contribution in [2.75, 3.05) is 7.11 Å². The van der Waals surface area contributed by atoms with Crippen molar-refractivity contribution < 1.29 is 38.7 Å². The van der Waals surface area contributed by atoms with E-state index in [0.29, 0.717) is 35.2 Å². The van der Waals surface area contributed by atoms with E-state index in [0.717, 1.165) is 11.1 Å². The lowest BCUT2D eigenvalue weighted by Crippen LogP contribution is -3.00. The highest BCUT2D eigenvalue weighted by atomic mass is 35.5. The number of rotatable bonds is 8. The zero-order valence-electron chi connectivity index (χ0n) is 15.7. The Balaban J connectivity index is 0.00000210. The molecule has 4 nitrogen and oxygen atoms in total. The molecule has 3 aromatic rings. The highest BCUT2D eigenvalue weighted by molar-refractivity contribution is 6.31. The van der Waals surface area contributed by atoms with E-state index in [1.807, 2.05) is 36.5 Å². The van der Waals surface area contributed by atoms with E-state index in [-0.39, 0.29) is 37.2 Å². The van der Waals surface area contributed by atoms with Crippen molar-refractivity contribution in [2.45, 2.75) is 19.7 Å². The normalized spacial score (nSPS) is 9.90. The minimum Gasteiger partial charge on any atom is -1.00 e. The Bertz CT molecular complexity index is 898. The maximum atomic E-state index is 13.2. The van der Waals surface area contributed by atoms with Crippen molar-refractivity contribution in [3.8, 4) is 11.5 Å². The van der Waals surface area contributed by atoms with Crippen LogP contribution in [0.5, 0.6) is 11.5 Å². The number of benzene rings is 2. The number of aromatic nitrogens is 1. The van der Waals surface area contributed by atoms with E-state index in [2.05, 4.69) is 10.3 Å². The van der Waals surface area contributed by atoms with Crippen molar-refractivity contribution in [1.29, 1.82) is 0 Å². The number of nitrogens with zero attached hydrogens (tertiary/aromatic N) is 1. The lowest BCUT2D eigenvalue weighted by Gasteiger charge is -2.16. The topological polar surface area (TPSA) is 43.4 Å². The van der Waals surface area contributed by atoms with Gasteiger partial charge in [0.25, 0.3) is 0 Å². The van der Waals surface area contributed by atoms with Crippen LogP contribution in [0, 0.1) is 5.82 Å². The van der Waals surface area contributed by atoms with Gasteiger partial charge in [-0.3, -0.25) is 4.98 Å². The second kappa shape index (κ2) is 12.5. The Kier molecular flexibility index (Phi) is 10.8. The molecule has 0 bridgehead atoms. The fourth-order valence-corrected chi connectivity index (χ4v) is 2.88. The molecule has 0 radical (unpaired) electrons. The molecular formula is C21H20Cl3FN2O2-2. The van der Waals surface area contributed by atoms with Crippen LogP contribution in [0.4, 0.5) is 4.39 Å². The second-order valence-corrected chi connectivity index (χ2v) is 6.34. The maximum Gasteiger partial charge on any atom is 0.166 e. The van der Waals surface area contributed by atoms with Crippen LogP contribution in [0.2, 0.25) is 5.02 Å². The quantitative estimate of drug-likeness (QED) is 0.460. The highest BCUT2D eigenvalue weighted by Crippen LogP contribution is 2.32. The number of methoxy groups -OCH3 is 1. The van der Waals surface area contributed by atoms with E-state index in [9.17, 15) is 4.39 Å². The maximum absolute atomic E-state index is 13.2. The van der Waals surface area contributed by atoms with Crippen LogP contribution in [-0.4, -0.2) is 12.1 Å². The van der Waals surface area contributed by atoms with Gasteiger partial charge in [0.05, 0.1) is 12.1 Å². The molecule has 156 valence electrons. The molecule has 0 spiro atoms. The monoisotopic (exact) mass is 456 g/mol. The van der Waals surface area contributed by atoms with Gasteiger partial charge in [-0.2, -0.15) is 0 Å². The summed E-state index contributed by atoms with van der Waals surface area (Å²) in [4.78, 5) is 4.11. The largest absolute Gasteiger partial charge is 1.00 e. The first-order valence-corrected chi connectivity index (χ1v) is 8.87. The lowest BCUT2D eigenvalue weighted by atomic mass is 10.1. The Morgan fingerprint density at radius 2 is 1.86 bits per heavy atom. The third-order valence-electron chi connectivity index (χ3n) is 4.03.